The second kappa shape index (κ2) is 8.71. The van der Waals surface area contributed by atoms with Crippen LogP contribution in [0.4, 0.5) is 5.69 Å². The Kier molecular flexibility index (Phi) is 6.11. The molecule has 3 aromatic rings. The van der Waals surface area contributed by atoms with Crippen molar-refractivity contribution in [2.45, 2.75) is 6.54 Å². The molecular weight excluding hydrogens is 376 g/mol. The monoisotopic (exact) mass is 396 g/mol. The molecule has 0 saturated heterocycles. The summed E-state index contributed by atoms with van der Waals surface area (Å²) in [5.41, 5.74) is 2.90. The highest BCUT2D eigenvalue weighted by molar-refractivity contribution is 6.30. The molecule has 0 radical (unpaired) electrons. The van der Waals surface area contributed by atoms with Gasteiger partial charge in [0.15, 0.2) is 0 Å². The first-order valence-electron chi connectivity index (χ1n) is 8.84. The van der Waals surface area contributed by atoms with E-state index in [1.54, 1.807) is 30.3 Å². The van der Waals surface area contributed by atoms with Crippen molar-refractivity contribution in [3.05, 3.63) is 81.6 Å². The number of nitrogens with one attached hydrogen (secondary N) is 1. The number of benzene rings is 2. The minimum absolute atomic E-state index is 0.188. The lowest BCUT2D eigenvalue weighted by atomic mass is 10.1. The van der Waals surface area contributed by atoms with Crippen molar-refractivity contribution in [3.8, 4) is 11.3 Å². The number of halogens is 1. The zero-order valence-electron chi connectivity index (χ0n) is 15.7. The van der Waals surface area contributed by atoms with Gasteiger partial charge < -0.3 is 10.2 Å². The van der Waals surface area contributed by atoms with E-state index in [2.05, 4.69) is 10.4 Å². The number of rotatable bonds is 6. The maximum atomic E-state index is 12.3. The third-order valence-electron chi connectivity index (χ3n) is 4.26. The fraction of sp³-hybridized carbons (Fsp3) is 0.190. The van der Waals surface area contributed by atoms with Crippen LogP contribution in [0.1, 0.15) is 10.4 Å². The van der Waals surface area contributed by atoms with Crippen molar-refractivity contribution < 1.29 is 4.79 Å². The molecule has 0 unspecified atom stereocenters. The molecule has 3 rings (SSSR count). The lowest BCUT2D eigenvalue weighted by molar-refractivity contribution is 0.0952. The molecule has 0 saturated carbocycles. The highest BCUT2D eigenvalue weighted by atomic mass is 35.5. The minimum Gasteiger partial charge on any atom is -0.378 e. The number of anilines is 1. The largest absolute Gasteiger partial charge is 0.378 e. The normalized spacial score (nSPS) is 10.5. The number of amides is 1. The first-order valence-corrected chi connectivity index (χ1v) is 9.21. The summed E-state index contributed by atoms with van der Waals surface area (Å²) in [6.07, 6.45) is 0. The number of carbonyl (C=O) groups is 1. The van der Waals surface area contributed by atoms with Gasteiger partial charge in [0.1, 0.15) is 0 Å². The predicted molar refractivity (Wildman–Crippen MR) is 112 cm³/mol. The zero-order valence-corrected chi connectivity index (χ0v) is 16.5. The van der Waals surface area contributed by atoms with Crippen molar-refractivity contribution in [3.63, 3.8) is 0 Å². The standard InChI is InChI=1S/C21H21ClN4O2/c1-25(2)18-9-5-16(6-10-18)21(28)23-13-14-26-20(27)12-11-19(24-26)15-3-7-17(22)8-4-15/h3-12H,13-14H2,1-2H3,(H,23,28). The van der Waals surface area contributed by atoms with E-state index < -0.39 is 0 Å². The fourth-order valence-electron chi connectivity index (χ4n) is 2.67. The summed E-state index contributed by atoms with van der Waals surface area (Å²) < 4.78 is 1.35. The van der Waals surface area contributed by atoms with E-state index in [1.165, 1.54) is 10.7 Å². The van der Waals surface area contributed by atoms with E-state index in [0.29, 0.717) is 22.8 Å². The molecule has 1 aromatic heterocycles. The summed E-state index contributed by atoms with van der Waals surface area (Å²) >= 11 is 5.91. The highest BCUT2D eigenvalue weighted by Crippen LogP contribution is 2.18. The van der Waals surface area contributed by atoms with E-state index >= 15 is 0 Å². The van der Waals surface area contributed by atoms with Gasteiger partial charge in [-0.15, -0.1) is 0 Å². The molecule has 1 heterocycles. The van der Waals surface area contributed by atoms with Crippen molar-refractivity contribution >= 4 is 23.2 Å². The van der Waals surface area contributed by atoms with Gasteiger partial charge in [-0.25, -0.2) is 4.68 Å². The van der Waals surface area contributed by atoms with E-state index in [1.807, 2.05) is 43.3 Å². The maximum absolute atomic E-state index is 12.3. The van der Waals surface area contributed by atoms with Crippen LogP contribution in [-0.2, 0) is 6.54 Å². The number of nitrogens with zero attached hydrogens (tertiary/aromatic N) is 3. The van der Waals surface area contributed by atoms with Crippen LogP contribution >= 0.6 is 11.6 Å². The predicted octanol–water partition coefficient (Wildman–Crippen LogP) is 3.06. The summed E-state index contributed by atoms with van der Waals surface area (Å²) in [5, 5.41) is 7.83. The van der Waals surface area contributed by atoms with E-state index in [0.717, 1.165) is 11.3 Å². The smallest absolute Gasteiger partial charge is 0.266 e. The Bertz CT molecular complexity index is 1010. The Morgan fingerprint density at radius 3 is 2.36 bits per heavy atom. The van der Waals surface area contributed by atoms with Gasteiger partial charge in [-0.2, -0.15) is 5.10 Å². The second-order valence-corrected chi connectivity index (χ2v) is 6.92. The van der Waals surface area contributed by atoms with Crippen molar-refractivity contribution in [1.82, 2.24) is 15.1 Å². The fourth-order valence-corrected chi connectivity index (χ4v) is 2.80. The molecule has 0 fully saturated rings. The number of carbonyl (C=O) groups excluding carboxylic acids is 1. The molecule has 1 N–H and O–H groups in total. The second-order valence-electron chi connectivity index (χ2n) is 6.48. The lowest BCUT2D eigenvalue weighted by Crippen LogP contribution is -2.32. The van der Waals surface area contributed by atoms with Gasteiger partial charge in [0.05, 0.1) is 12.2 Å². The molecule has 28 heavy (non-hydrogen) atoms. The zero-order chi connectivity index (χ0) is 20.1. The SMILES string of the molecule is CN(C)c1ccc(C(=O)NCCn2nc(-c3ccc(Cl)cc3)ccc2=O)cc1. The van der Waals surface area contributed by atoms with Crippen LogP contribution in [0.2, 0.25) is 5.02 Å². The molecule has 144 valence electrons. The lowest BCUT2D eigenvalue weighted by Gasteiger charge is -2.13. The van der Waals surface area contributed by atoms with Gasteiger partial charge in [-0.05, 0) is 42.5 Å². The van der Waals surface area contributed by atoms with Gasteiger partial charge in [0.25, 0.3) is 11.5 Å². The molecule has 2 aromatic carbocycles. The van der Waals surface area contributed by atoms with Gasteiger partial charge >= 0.3 is 0 Å². The molecule has 0 aliphatic carbocycles. The molecule has 0 aliphatic heterocycles. The maximum Gasteiger partial charge on any atom is 0.266 e. The Balaban J connectivity index is 1.64. The van der Waals surface area contributed by atoms with E-state index in [9.17, 15) is 9.59 Å². The average Bonchev–Trinajstić information content (AvgIpc) is 2.70. The Morgan fingerprint density at radius 2 is 1.71 bits per heavy atom. The van der Waals surface area contributed by atoms with E-state index in [4.69, 9.17) is 11.6 Å². The van der Waals surface area contributed by atoms with Gasteiger partial charge in [-0.3, -0.25) is 9.59 Å². The molecule has 0 atom stereocenters. The topological polar surface area (TPSA) is 67.2 Å². The first kappa shape index (κ1) is 19.6. The first-order chi connectivity index (χ1) is 13.4. The molecule has 6 nitrogen and oxygen atoms in total. The molecule has 1 amide bonds. The van der Waals surface area contributed by atoms with Crippen LogP contribution in [0.25, 0.3) is 11.3 Å². The van der Waals surface area contributed by atoms with Crippen molar-refractivity contribution in [2.24, 2.45) is 0 Å². The molecule has 0 bridgehead atoms. The third kappa shape index (κ3) is 4.78. The van der Waals surface area contributed by atoms with Crippen LogP contribution in [0, 0.1) is 0 Å². The molecular formula is C21H21ClN4O2. The molecule has 0 aliphatic rings. The number of hydrogen-bond donors (Lipinski definition) is 1. The van der Waals surface area contributed by atoms with Crippen LogP contribution in [0.5, 0.6) is 0 Å². The van der Waals surface area contributed by atoms with Crippen LogP contribution in [0.3, 0.4) is 0 Å². The summed E-state index contributed by atoms with van der Waals surface area (Å²) in [6, 6.07) is 17.7. The van der Waals surface area contributed by atoms with Crippen LogP contribution in [-0.4, -0.2) is 36.3 Å². The van der Waals surface area contributed by atoms with Gasteiger partial charge in [-0.1, -0.05) is 23.7 Å². The minimum atomic E-state index is -0.220. The summed E-state index contributed by atoms with van der Waals surface area (Å²) in [6.45, 7) is 0.576. The Labute approximate surface area is 168 Å². The number of hydrogen-bond acceptors (Lipinski definition) is 4. The van der Waals surface area contributed by atoms with Crippen molar-refractivity contribution in [2.75, 3.05) is 25.5 Å². The Hall–Kier alpha value is -3.12. The summed E-state index contributed by atoms with van der Waals surface area (Å²) in [7, 11) is 3.88. The Morgan fingerprint density at radius 1 is 1.04 bits per heavy atom. The van der Waals surface area contributed by atoms with Gasteiger partial charge in [0, 0.05) is 48.5 Å². The van der Waals surface area contributed by atoms with Crippen LogP contribution in [0.15, 0.2) is 65.5 Å². The third-order valence-corrected chi connectivity index (χ3v) is 4.51. The van der Waals surface area contributed by atoms with Gasteiger partial charge in [0.2, 0.25) is 0 Å². The summed E-state index contributed by atoms with van der Waals surface area (Å²) in [4.78, 5) is 26.3. The van der Waals surface area contributed by atoms with Crippen LogP contribution < -0.4 is 15.8 Å². The molecule has 0 spiro atoms. The van der Waals surface area contributed by atoms with E-state index in [-0.39, 0.29) is 18.0 Å². The number of aromatic nitrogens is 2. The quantitative estimate of drug-likeness (QED) is 0.695. The molecule has 7 heteroatoms. The summed E-state index contributed by atoms with van der Waals surface area (Å²) in [5.74, 6) is -0.188. The van der Waals surface area contributed by atoms with Crippen molar-refractivity contribution in [1.29, 1.82) is 0 Å². The highest BCUT2D eigenvalue weighted by Gasteiger charge is 2.07. The average molecular weight is 397 g/mol.